The maximum absolute atomic E-state index is 12.0. The van der Waals surface area contributed by atoms with Crippen molar-refractivity contribution in [3.05, 3.63) is 22.8 Å². The highest BCUT2D eigenvalue weighted by Crippen LogP contribution is 2.23. The van der Waals surface area contributed by atoms with Gasteiger partial charge in [0.15, 0.2) is 0 Å². The van der Waals surface area contributed by atoms with Crippen LogP contribution in [-0.2, 0) is 0 Å². The maximum atomic E-state index is 12.0. The Balaban J connectivity index is 1.90. The van der Waals surface area contributed by atoms with Crippen LogP contribution in [0.25, 0.3) is 0 Å². The van der Waals surface area contributed by atoms with Gasteiger partial charge in [-0.25, -0.2) is 4.98 Å². The highest BCUT2D eigenvalue weighted by atomic mass is 35.5. The van der Waals surface area contributed by atoms with E-state index in [1.807, 2.05) is 0 Å². The average Bonchev–Trinajstić information content (AvgIpc) is 2.45. The number of carbonyl (C=O) groups excluding carboxylic acids is 1. The van der Waals surface area contributed by atoms with Crippen molar-refractivity contribution in [2.45, 2.75) is 32.1 Å². The number of anilines is 1. The number of nitrogens with one attached hydrogen (secondary N) is 2. The molecule has 2 rings (SSSR count). The first kappa shape index (κ1) is 14.1. The minimum atomic E-state index is -0.0948. The van der Waals surface area contributed by atoms with E-state index in [2.05, 4.69) is 15.6 Å². The predicted molar refractivity (Wildman–Crippen MR) is 77.7 cm³/mol. The van der Waals surface area contributed by atoms with Crippen LogP contribution < -0.4 is 10.6 Å². The third kappa shape index (κ3) is 3.83. The van der Waals surface area contributed by atoms with Crippen LogP contribution in [0.4, 0.5) is 5.82 Å². The zero-order valence-corrected chi connectivity index (χ0v) is 12.0. The summed E-state index contributed by atoms with van der Waals surface area (Å²) in [6.45, 7) is 0.754. The first-order chi connectivity index (χ1) is 9.20. The third-order valence-corrected chi connectivity index (χ3v) is 3.90. The lowest BCUT2D eigenvalue weighted by Gasteiger charge is -2.21. The molecule has 0 bridgehead atoms. The minimum absolute atomic E-state index is 0.0948. The van der Waals surface area contributed by atoms with E-state index in [9.17, 15) is 4.79 Å². The Bertz CT molecular complexity index is 444. The molecule has 4 nitrogen and oxygen atoms in total. The fourth-order valence-electron chi connectivity index (χ4n) is 2.48. The first-order valence-corrected chi connectivity index (χ1v) is 7.20. The number of aromatic nitrogens is 1. The molecule has 0 radical (unpaired) electrons. The third-order valence-electron chi connectivity index (χ3n) is 3.62. The number of hydrogen-bond donors (Lipinski definition) is 2. The lowest BCUT2D eigenvalue weighted by molar-refractivity contribution is 0.0943. The Kier molecular flexibility index (Phi) is 5.02. The van der Waals surface area contributed by atoms with Crippen molar-refractivity contribution in [1.29, 1.82) is 0 Å². The molecule has 0 saturated heterocycles. The van der Waals surface area contributed by atoms with Crippen LogP contribution in [0.3, 0.4) is 0 Å². The molecule has 0 aliphatic heterocycles. The molecule has 1 amide bonds. The van der Waals surface area contributed by atoms with Crippen molar-refractivity contribution in [2.24, 2.45) is 5.92 Å². The minimum Gasteiger partial charge on any atom is -0.372 e. The molecule has 1 saturated carbocycles. The molecule has 1 fully saturated rings. The Morgan fingerprint density at radius 3 is 2.79 bits per heavy atom. The molecule has 104 valence electrons. The summed E-state index contributed by atoms with van der Waals surface area (Å²) < 4.78 is 0. The fourth-order valence-corrected chi connectivity index (χ4v) is 2.74. The van der Waals surface area contributed by atoms with E-state index in [4.69, 9.17) is 11.6 Å². The van der Waals surface area contributed by atoms with E-state index in [1.54, 1.807) is 19.3 Å². The lowest BCUT2D eigenvalue weighted by Crippen LogP contribution is -2.30. The fraction of sp³-hybridized carbons (Fsp3) is 0.571. The number of hydrogen-bond acceptors (Lipinski definition) is 3. The van der Waals surface area contributed by atoms with Crippen molar-refractivity contribution in [3.8, 4) is 0 Å². The monoisotopic (exact) mass is 281 g/mol. The molecule has 1 aromatic rings. The van der Waals surface area contributed by atoms with E-state index < -0.39 is 0 Å². The zero-order chi connectivity index (χ0) is 13.7. The van der Waals surface area contributed by atoms with Gasteiger partial charge in [-0.2, -0.15) is 0 Å². The summed E-state index contributed by atoms with van der Waals surface area (Å²) in [5.74, 6) is 1.12. The van der Waals surface area contributed by atoms with Gasteiger partial charge in [0.05, 0.1) is 10.6 Å². The summed E-state index contributed by atoms with van der Waals surface area (Å²) in [4.78, 5) is 16.1. The quantitative estimate of drug-likeness (QED) is 0.892. The van der Waals surface area contributed by atoms with Crippen LogP contribution in [0.1, 0.15) is 42.5 Å². The van der Waals surface area contributed by atoms with Crippen LogP contribution in [0, 0.1) is 5.92 Å². The first-order valence-electron chi connectivity index (χ1n) is 6.82. The Hall–Kier alpha value is -1.29. The zero-order valence-electron chi connectivity index (χ0n) is 11.2. The van der Waals surface area contributed by atoms with Gasteiger partial charge in [0.1, 0.15) is 5.82 Å². The second kappa shape index (κ2) is 6.75. The number of rotatable bonds is 4. The van der Waals surface area contributed by atoms with Gasteiger partial charge in [0, 0.05) is 19.8 Å². The lowest BCUT2D eigenvalue weighted by atomic mass is 9.89. The summed E-state index contributed by atoms with van der Waals surface area (Å²) in [5, 5.41) is 6.31. The average molecular weight is 282 g/mol. The molecule has 5 heteroatoms. The molecule has 1 heterocycles. The van der Waals surface area contributed by atoms with Crippen LogP contribution >= 0.6 is 11.6 Å². The number of amides is 1. The van der Waals surface area contributed by atoms with Crippen molar-refractivity contribution >= 4 is 23.3 Å². The highest BCUT2D eigenvalue weighted by Gasteiger charge is 2.15. The van der Waals surface area contributed by atoms with Gasteiger partial charge in [-0.3, -0.25) is 4.79 Å². The van der Waals surface area contributed by atoms with E-state index in [0.29, 0.717) is 22.3 Å². The molecule has 19 heavy (non-hydrogen) atoms. The van der Waals surface area contributed by atoms with Crippen molar-refractivity contribution in [3.63, 3.8) is 0 Å². The second-order valence-electron chi connectivity index (χ2n) is 5.02. The Morgan fingerprint density at radius 1 is 1.42 bits per heavy atom. The SMILES string of the molecule is CNc1ncc(C(=O)NCC2CCCCC2)cc1Cl. The molecule has 0 atom stereocenters. The van der Waals surface area contributed by atoms with Crippen molar-refractivity contribution < 1.29 is 4.79 Å². The van der Waals surface area contributed by atoms with Crippen molar-refractivity contribution in [1.82, 2.24) is 10.3 Å². The number of nitrogens with zero attached hydrogens (tertiary/aromatic N) is 1. The summed E-state index contributed by atoms with van der Waals surface area (Å²) in [5.41, 5.74) is 0.514. The summed E-state index contributed by atoms with van der Waals surface area (Å²) in [6, 6.07) is 1.65. The summed E-state index contributed by atoms with van der Waals surface area (Å²) in [7, 11) is 1.75. The van der Waals surface area contributed by atoms with Gasteiger partial charge < -0.3 is 10.6 Å². The van der Waals surface area contributed by atoms with Gasteiger partial charge in [0.2, 0.25) is 0 Å². The summed E-state index contributed by atoms with van der Waals surface area (Å²) in [6.07, 6.45) is 7.88. The molecule has 1 aromatic heterocycles. The Morgan fingerprint density at radius 2 is 2.16 bits per heavy atom. The van der Waals surface area contributed by atoms with Gasteiger partial charge in [-0.15, -0.1) is 0 Å². The van der Waals surface area contributed by atoms with E-state index in [-0.39, 0.29) is 5.91 Å². The number of carbonyl (C=O) groups is 1. The van der Waals surface area contributed by atoms with Gasteiger partial charge in [0.25, 0.3) is 5.91 Å². The molecule has 1 aliphatic carbocycles. The predicted octanol–water partition coefficient (Wildman–Crippen LogP) is 3.09. The van der Waals surface area contributed by atoms with E-state index >= 15 is 0 Å². The second-order valence-corrected chi connectivity index (χ2v) is 5.43. The number of halogens is 1. The molecule has 0 spiro atoms. The largest absolute Gasteiger partial charge is 0.372 e. The van der Waals surface area contributed by atoms with E-state index in [0.717, 1.165) is 6.54 Å². The number of pyridine rings is 1. The molecule has 0 aromatic carbocycles. The molecule has 2 N–H and O–H groups in total. The maximum Gasteiger partial charge on any atom is 0.252 e. The summed E-state index contributed by atoms with van der Waals surface area (Å²) >= 11 is 6.02. The standard InChI is InChI=1S/C14H20ClN3O/c1-16-13-12(15)7-11(9-17-13)14(19)18-8-10-5-3-2-4-6-10/h7,9-10H,2-6,8H2,1H3,(H,16,17)(H,18,19). The topological polar surface area (TPSA) is 54.0 Å². The van der Waals surface area contributed by atoms with Gasteiger partial charge in [-0.1, -0.05) is 30.9 Å². The van der Waals surface area contributed by atoms with Crippen LogP contribution in [0.2, 0.25) is 5.02 Å². The van der Waals surface area contributed by atoms with Gasteiger partial charge in [-0.05, 0) is 24.8 Å². The smallest absolute Gasteiger partial charge is 0.252 e. The molecule has 1 aliphatic rings. The van der Waals surface area contributed by atoms with E-state index in [1.165, 1.54) is 32.1 Å². The molecule has 0 unspecified atom stereocenters. The Labute approximate surface area is 118 Å². The molecular formula is C14H20ClN3O. The van der Waals surface area contributed by atoms with Crippen LogP contribution in [0.15, 0.2) is 12.3 Å². The van der Waals surface area contributed by atoms with Crippen molar-refractivity contribution in [2.75, 3.05) is 18.9 Å². The van der Waals surface area contributed by atoms with Crippen LogP contribution in [0.5, 0.6) is 0 Å². The van der Waals surface area contributed by atoms with Crippen LogP contribution in [-0.4, -0.2) is 24.5 Å². The normalized spacial score (nSPS) is 16.1. The molecular weight excluding hydrogens is 262 g/mol. The highest BCUT2D eigenvalue weighted by molar-refractivity contribution is 6.33. The van der Waals surface area contributed by atoms with Gasteiger partial charge >= 0.3 is 0 Å².